The number of amides is 1. The molecule has 0 atom stereocenters. The molecule has 21 heavy (non-hydrogen) atoms. The first-order valence-electron chi connectivity index (χ1n) is 6.03. The maximum Gasteiger partial charge on any atom is 0.256 e. The van der Waals surface area contributed by atoms with Crippen LogP contribution in [-0.2, 0) is 0 Å². The highest BCUT2D eigenvalue weighted by molar-refractivity contribution is 14.1. The van der Waals surface area contributed by atoms with Crippen molar-refractivity contribution in [2.75, 3.05) is 19.5 Å². The normalized spacial score (nSPS) is 10.1. The first-order chi connectivity index (χ1) is 10.0. The van der Waals surface area contributed by atoms with Crippen LogP contribution in [-0.4, -0.2) is 20.1 Å². The van der Waals surface area contributed by atoms with Crippen LogP contribution in [0.1, 0.15) is 10.4 Å². The van der Waals surface area contributed by atoms with Crippen molar-refractivity contribution in [1.29, 1.82) is 0 Å². The number of nitrogens with one attached hydrogen (secondary N) is 1. The van der Waals surface area contributed by atoms with Gasteiger partial charge in [0, 0.05) is 13.2 Å². The molecule has 0 saturated carbocycles. The van der Waals surface area contributed by atoms with Crippen LogP contribution in [0.15, 0.2) is 36.4 Å². The molecular weight excluding hydrogens is 496 g/mol. The van der Waals surface area contributed by atoms with Crippen LogP contribution in [0.2, 0.25) is 0 Å². The Hall–Kier alpha value is -1.03. The van der Waals surface area contributed by atoms with Crippen LogP contribution < -0.4 is 14.8 Å². The third kappa shape index (κ3) is 4.00. The zero-order chi connectivity index (χ0) is 15.4. The van der Waals surface area contributed by atoms with E-state index in [1.165, 1.54) is 0 Å². The predicted octanol–water partition coefficient (Wildman–Crippen LogP) is 4.17. The second kappa shape index (κ2) is 7.30. The molecule has 0 spiro atoms. The number of ether oxygens (including phenoxy) is 2. The monoisotopic (exact) mass is 509 g/mol. The minimum Gasteiger partial charge on any atom is -0.497 e. The quantitative estimate of drug-likeness (QED) is 0.631. The molecule has 0 aliphatic heterocycles. The number of carbonyl (C=O) groups excluding carboxylic acids is 1. The first-order valence-corrected chi connectivity index (χ1v) is 8.19. The summed E-state index contributed by atoms with van der Waals surface area (Å²) >= 11 is 4.33. The van der Waals surface area contributed by atoms with Crippen molar-refractivity contribution in [3.8, 4) is 11.5 Å². The third-order valence-corrected chi connectivity index (χ3v) is 4.44. The molecule has 0 bridgehead atoms. The molecule has 0 fully saturated rings. The van der Waals surface area contributed by atoms with Gasteiger partial charge in [-0.15, -0.1) is 0 Å². The lowest BCUT2D eigenvalue weighted by Gasteiger charge is -2.12. The van der Waals surface area contributed by atoms with Gasteiger partial charge >= 0.3 is 0 Å². The van der Waals surface area contributed by atoms with E-state index in [0.717, 1.165) is 7.14 Å². The van der Waals surface area contributed by atoms with Crippen molar-refractivity contribution in [3.63, 3.8) is 0 Å². The maximum atomic E-state index is 12.4. The van der Waals surface area contributed by atoms with E-state index in [-0.39, 0.29) is 5.91 Å². The van der Waals surface area contributed by atoms with Crippen LogP contribution in [0.3, 0.4) is 0 Å². The summed E-state index contributed by atoms with van der Waals surface area (Å²) in [6, 6.07) is 11.0. The molecule has 1 N–H and O–H groups in total. The van der Waals surface area contributed by atoms with E-state index in [2.05, 4.69) is 50.5 Å². The minimum absolute atomic E-state index is 0.176. The smallest absolute Gasteiger partial charge is 0.256 e. The highest BCUT2D eigenvalue weighted by Crippen LogP contribution is 2.29. The molecule has 2 aromatic carbocycles. The number of hydrogen-bond acceptors (Lipinski definition) is 3. The Bertz CT molecular complexity index is 674. The predicted molar refractivity (Wildman–Crippen MR) is 99.4 cm³/mol. The Morgan fingerprint density at radius 3 is 2.48 bits per heavy atom. The molecule has 0 aliphatic carbocycles. The summed E-state index contributed by atoms with van der Waals surface area (Å²) in [5.41, 5.74) is 1.21. The van der Waals surface area contributed by atoms with E-state index in [1.54, 1.807) is 32.4 Å². The van der Waals surface area contributed by atoms with Gasteiger partial charge in [-0.05, 0) is 75.5 Å². The Labute approximate surface area is 150 Å². The highest BCUT2D eigenvalue weighted by Gasteiger charge is 2.14. The van der Waals surface area contributed by atoms with Crippen molar-refractivity contribution in [3.05, 3.63) is 49.1 Å². The maximum absolute atomic E-state index is 12.4. The Kier molecular flexibility index (Phi) is 5.68. The van der Waals surface area contributed by atoms with E-state index in [0.29, 0.717) is 22.7 Å². The van der Waals surface area contributed by atoms with E-state index >= 15 is 0 Å². The van der Waals surface area contributed by atoms with Crippen LogP contribution in [0.4, 0.5) is 5.69 Å². The van der Waals surface area contributed by atoms with Crippen molar-refractivity contribution in [1.82, 2.24) is 0 Å². The van der Waals surface area contributed by atoms with Crippen LogP contribution in [0.5, 0.6) is 11.5 Å². The number of halogens is 2. The summed E-state index contributed by atoms with van der Waals surface area (Å²) in [5.74, 6) is 1.07. The minimum atomic E-state index is -0.176. The molecule has 0 heterocycles. The molecule has 110 valence electrons. The van der Waals surface area contributed by atoms with E-state index in [9.17, 15) is 4.79 Å². The van der Waals surface area contributed by atoms with Gasteiger partial charge < -0.3 is 14.8 Å². The standard InChI is InChI=1S/C15H13I2NO3/c1-20-10-4-6-14(21-2)13(8-10)18-15(19)11-7-9(16)3-5-12(11)17/h3-8H,1-2H3,(H,18,19). The van der Waals surface area contributed by atoms with Gasteiger partial charge in [0.1, 0.15) is 11.5 Å². The third-order valence-electron chi connectivity index (χ3n) is 2.83. The summed E-state index contributed by atoms with van der Waals surface area (Å²) in [4.78, 5) is 12.4. The molecule has 0 saturated heterocycles. The molecule has 0 radical (unpaired) electrons. The molecule has 2 aromatic rings. The van der Waals surface area contributed by atoms with Crippen molar-refractivity contribution >= 4 is 56.8 Å². The molecular formula is C15H13I2NO3. The summed E-state index contributed by atoms with van der Waals surface area (Å²) in [5, 5.41) is 2.87. The molecule has 2 rings (SSSR count). The van der Waals surface area contributed by atoms with Gasteiger partial charge in [-0.1, -0.05) is 0 Å². The van der Waals surface area contributed by atoms with Crippen LogP contribution in [0.25, 0.3) is 0 Å². The molecule has 0 aromatic heterocycles. The topological polar surface area (TPSA) is 47.6 Å². The molecule has 1 amide bonds. The number of hydrogen-bond donors (Lipinski definition) is 1. The SMILES string of the molecule is COc1ccc(OC)c(NC(=O)c2cc(I)ccc2I)c1. The fourth-order valence-corrected chi connectivity index (χ4v) is 2.84. The molecule has 6 heteroatoms. The highest BCUT2D eigenvalue weighted by atomic mass is 127. The average Bonchev–Trinajstić information content (AvgIpc) is 2.49. The van der Waals surface area contributed by atoms with E-state index < -0.39 is 0 Å². The van der Waals surface area contributed by atoms with Gasteiger partial charge in [-0.25, -0.2) is 0 Å². The van der Waals surface area contributed by atoms with Gasteiger partial charge in [0.05, 0.1) is 25.5 Å². The van der Waals surface area contributed by atoms with Gasteiger partial charge in [-0.3, -0.25) is 4.79 Å². The first kappa shape index (κ1) is 16.3. The lowest BCUT2D eigenvalue weighted by atomic mass is 10.2. The van der Waals surface area contributed by atoms with E-state index in [1.807, 2.05) is 18.2 Å². The molecule has 0 unspecified atom stereocenters. The van der Waals surface area contributed by atoms with Crippen LogP contribution >= 0.6 is 45.2 Å². The summed E-state index contributed by atoms with van der Waals surface area (Å²) in [7, 11) is 3.14. The fraction of sp³-hybridized carbons (Fsp3) is 0.133. The number of rotatable bonds is 4. The van der Waals surface area contributed by atoms with Gasteiger partial charge in [0.15, 0.2) is 0 Å². The largest absolute Gasteiger partial charge is 0.497 e. The Balaban J connectivity index is 2.32. The fourth-order valence-electron chi connectivity index (χ4n) is 1.77. The second-order valence-electron chi connectivity index (χ2n) is 4.14. The lowest BCUT2D eigenvalue weighted by Crippen LogP contribution is -2.14. The molecule has 4 nitrogen and oxygen atoms in total. The van der Waals surface area contributed by atoms with Crippen molar-refractivity contribution in [2.24, 2.45) is 0 Å². The summed E-state index contributed by atoms with van der Waals surface area (Å²) < 4.78 is 12.3. The molecule has 0 aliphatic rings. The number of carbonyl (C=O) groups is 1. The Morgan fingerprint density at radius 2 is 1.81 bits per heavy atom. The summed E-state index contributed by atoms with van der Waals surface area (Å²) in [6.45, 7) is 0. The zero-order valence-electron chi connectivity index (χ0n) is 11.4. The van der Waals surface area contributed by atoms with Gasteiger partial charge in [-0.2, -0.15) is 0 Å². The number of anilines is 1. The zero-order valence-corrected chi connectivity index (χ0v) is 15.8. The number of methoxy groups -OCH3 is 2. The lowest BCUT2D eigenvalue weighted by molar-refractivity contribution is 0.102. The van der Waals surface area contributed by atoms with Crippen molar-refractivity contribution < 1.29 is 14.3 Å². The van der Waals surface area contributed by atoms with Gasteiger partial charge in [0.25, 0.3) is 5.91 Å². The Morgan fingerprint density at radius 1 is 1.05 bits per heavy atom. The van der Waals surface area contributed by atoms with Crippen LogP contribution in [0, 0.1) is 7.14 Å². The van der Waals surface area contributed by atoms with Gasteiger partial charge in [0.2, 0.25) is 0 Å². The second-order valence-corrected chi connectivity index (χ2v) is 6.55. The van der Waals surface area contributed by atoms with E-state index in [4.69, 9.17) is 9.47 Å². The number of benzene rings is 2. The average molecular weight is 509 g/mol. The van der Waals surface area contributed by atoms with Crippen molar-refractivity contribution in [2.45, 2.75) is 0 Å². The summed E-state index contributed by atoms with van der Waals surface area (Å²) in [6.07, 6.45) is 0.